The minimum atomic E-state index is -3.83. The van der Waals surface area contributed by atoms with Crippen molar-refractivity contribution in [2.45, 2.75) is 9.79 Å². The predicted octanol–water partition coefficient (Wildman–Crippen LogP) is 3.86. The molecule has 2 heterocycles. The number of para-hydroxylation sites is 2. The summed E-state index contributed by atoms with van der Waals surface area (Å²) in [6, 6.07) is 29.8. The van der Waals surface area contributed by atoms with Crippen molar-refractivity contribution < 1.29 is 16.8 Å². The summed E-state index contributed by atoms with van der Waals surface area (Å²) in [7, 11) is -7.66. The van der Waals surface area contributed by atoms with Gasteiger partial charge in [-0.05, 0) is 36.4 Å². The van der Waals surface area contributed by atoms with Crippen molar-refractivity contribution in [1.29, 1.82) is 0 Å². The Morgan fingerprint density at radius 2 is 0.750 bits per heavy atom. The molecule has 0 bridgehead atoms. The summed E-state index contributed by atoms with van der Waals surface area (Å²) < 4.78 is 58.3. The van der Waals surface area contributed by atoms with Gasteiger partial charge in [0.05, 0.1) is 9.79 Å². The number of nitrogens with zero attached hydrogens (tertiary/aromatic N) is 4. The third-order valence-electron chi connectivity index (χ3n) is 7.80. The molecule has 0 aromatic heterocycles. The van der Waals surface area contributed by atoms with Gasteiger partial charge in [0.25, 0.3) is 0 Å². The summed E-state index contributed by atoms with van der Waals surface area (Å²) in [6.45, 7) is 3.78. The summed E-state index contributed by atoms with van der Waals surface area (Å²) in [5.74, 6) is 0. The quantitative estimate of drug-likeness (QED) is 0.347. The molecule has 2 aliphatic heterocycles. The number of hydrogen-bond acceptors (Lipinski definition) is 6. The molecule has 0 amide bonds. The zero-order chi connectivity index (χ0) is 27.7. The highest BCUT2D eigenvalue weighted by Gasteiger charge is 2.33. The summed E-state index contributed by atoms with van der Waals surface area (Å²) in [5.41, 5.74) is 2.15. The molecule has 40 heavy (non-hydrogen) atoms. The maximum absolute atomic E-state index is 13.8. The molecule has 6 rings (SSSR count). The van der Waals surface area contributed by atoms with E-state index in [2.05, 4.69) is 9.80 Å². The standard InChI is InChI=1S/C30H32N4O4S2/c35-39(36,33-21-17-31(18-22-33)25-9-3-1-4-10-25)29-15-7-14-28-27(29)13-8-16-30(28)40(37,38)34-23-19-32(20-24-34)26-11-5-2-6-12-26/h1-16H,17-24H2. The van der Waals surface area contributed by atoms with E-state index in [1.165, 1.54) is 8.61 Å². The lowest BCUT2D eigenvalue weighted by molar-refractivity contribution is 0.384. The number of hydrogen-bond donors (Lipinski definition) is 0. The van der Waals surface area contributed by atoms with Gasteiger partial charge in [0.1, 0.15) is 0 Å². The Bertz CT molecular complexity index is 1570. The molecule has 0 spiro atoms. The lowest BCUT2D eigenvalue weighted by Gasteiger charge is -2.36. The second kappa shape index (κ2) is 10.9. The van der Waals surface area contributed by atoms with Crippen LogP contribution in [0.15, 0.2) is 107 Å². The minimum absolute atomic E-state index is 0.143. The molecular formula is C30H32N4O4S2. The van der Waals surface area contributed by atoms with E-state index in [0.29, 0.717) is 63.1 Å². The molecule has 4 aromatic rings. The van der Waals surface area contributed by atoms with Crippen LogP contribution in [0.2, 0.25) is 0 Å². The van der Waals surface area contributed by atoms with Crippen molar-refractivity contribution in [1.82, 2.24) is 8.61 Å². The Morgan fingerprint density at radius 1 is 0.400 bits per heavy atom. The van der Waals surface area contributed by atoms with E-state index in [1.807, 2.05) is 60.7 Å². The fourth-order valence-corrected chi connectivity index (χ4v) is 8.89. The van der Waals surface area contributed by atoms with Gasteiger partial charge in [-0.25, -0.2) is 16.8 Å². The monoisotopic (exact) mass is 576 g/mol. The molecule has 0 aliphatic carbocycles. The molecule has 0 unspecified atom stereocenters. The Balaban J connectivity index is 1.25. The number of rotatable bonds is 6. The van der Waals surface area contributed by atoms with Crippen LogP contribution >= 0.6 is 0 Å². The van der Waals surface area contributed by atoms with Gasteiger partial charge >= 0.3 is 0 Å². The van der Waals surface area contributed by atoms with Gasteiger partial charge in [-0.3, -0.25) is 0 Å². The molecule has 2 aliphatic rings. The highest BCUT2D eigenvalue weighted by molar-refractivity contribution is 7.89. The van der Waals surface area contributed by atoms with E-state index in [-0.39, 0.29) is 9.79 Å². The number of piperazine rings is 2. The van der Waals surface area contributed by atoms with Crippen LogP contribution in [0.25, 0.3) is 10.8 Å². The summed E-state index contributed by atoms with van der Waals surface area (Å²) in [4.78, 5) is 4.64. The SMILES string of the molecule is O=S(=O)(c1cccc2c(S(=O)(=O)N3CCN(c4ccccc4)CC3)cccc12)N1CCN(c2ccccc2)CC1. The summed E-state index contributed by atoms with van der Waals surface area (Å²) >= 11 is 0. The first-order chi connectivity index (χ1) is 19.4. The number of benzene rings is 4. The van der Waals surface area contributed by atoms with Gasteiger partial charge in [0.15, 0.2) is 0 Å². The normalized spacial score (nSPS) is 17.8. The van der Waals surface area contributed by atoms with Crippen LogP contribution in [0.5, 0.6) is 0 Å². The van der Waals surface area contributed by atoms with E-state index in [4.69, 9.17) is 0 Å². The first-order valence-electron chi connectivity index (χ1n) is 13.5. The average Bonchev–Trinajstić information content (AvgIpc) is 3.01. The third kappa shape index (κ3) is 4.96. The molecular weight excluding hydrogens is 544 g/mol. The van der Waals surface area contributed by atoms with E-state index in [9.17, 15) is 16.8 Å². The molecule has 0 radical (unpaired) electrons. The molecule has 10 heteroatoms. The predicted molar refractivity (Wildman–Crippen MR) is 159 cm³/mol. The van der Waals surface area contributed by atoms with Crippen LogP contribution in [-0.4, -0.2) is 77.8 Å². The van der Waals surface area contributed by atoms with Gasteiger partial charge in [0, 0.05) is 74.5 Å². The lowest BCUT2D eigenvalue weighted by atomic mass is 10.1. The van der Waals surface area contributed by atoms with Crippen LogP contribution in [0.4, 0.5) is 11.4 Å². The Labute approximate surface area is 236 Å². The second-order valence-electron chi connectivity index (χ2n) is 10.1. The molecule has 0 saturated carbocycles. The first-order valence-corrected chi connectivity index (χ1v) is 16.4. The molecule has 0 N–H and O–H groups in total. The Morgan fingerprint density at radius 3 is 1.10 bits per heavy atom. The van der Waals surface area contributed by atoms with E-state index in [1.54, 1.807) is 36.4 Å². The fraction of sp³-hybridized carbons (Fsp3) is 0.267. The van der Waals surface area contributed by atoms with Gasteiger partial charge in [0.2, 0.25) is 20.0 Å². The van der Waals surface area contributed by atoms with Gasteiger partial charge < -0.3 is 9.80 Å². The lowest BCUT2D eigenvalue weighted by Crippen LogP contribution is -2.48. The van der Waals surface area contributed by atoms with Gasteiger partial charge in [-0.15, -0.1) is 0 Å². The molecule has 0 atom stereocenters. The summed E-state index contributed by atoms with van der Waals surface area (Å²) in [5, 5.41) is 0.856. The highest BCUT2D eigenvalue weighted by atomic mass is 32.2. The maximum atomic E-state index is 13.8. The Hall–Kier alpha value is -3.44. The maximum Gasteiger partial charge on any atom is 0.243 e. The zero-order valence-electron chi connectivity index (χ0n) is 22.1. The van der Waals surface area contributed by atoms with Gasteiger partial charge in [-0.2, -0.15) is 8.61 Å². The van der Waals surface area contributed by atoms with Crippen LogP contribution in [-0.2, 0) is 20.0 Å². The smallest absolute Gasteiger partial charge is 0.243 e. The summed E-state index contributed by atoms with van der Waals surface area (Å²) in [6.07, 6.45) is 0. The van der Waals surface area contributed by atoms with Crippen LogP contribution < -0.4 is 9.80 Å². The average molecular weight is 577 g/mol. The number of fused-ring (bicyclic) bond motifs is 1. The molecule has 2 saturated heterocycles. The van der Waals surface area contributed by atoms with Crippen LogP contribution in [0.3, 0.4) is 0 Å². The van der Waals surface area contributed by atoms with Crippen molar-refractivity contribution >= 4 is 42.2 Å². The van der Waals surface area contributed by atoms with Crippen LogP contribution in [0.1, 0.15) is 0 Å². The minimum Gasteiger partial charge on any atom is -0.369 e. The van der Waals surface area contributed by atoms with Gasteiger partial charge in [-0.1, -0.05) is 60.7 Å². The first kappa shape index (κ1) is 26.8. The topological polar surface area (TPSA) is 81.2 Å². The second-order valence-corrected chi connectivity index (χ2v) is 13.9. The number of anilines is 2. The third-order valence-corrected chi connectivity index (χ3v) is 11.7. The van der Waals surface area contributed by atoms with Crippen molar-refractivity contribution in [2.75, 3.05) is 62.2 Å². The van der Waals surface area contributed by atoms with Crippen molar-refractivity contribution in [3.8, 4) is 0 Å². The Kier molecular flexibility index (Phi) is 7.26. The molecule has 8 nitrogen and oxygen atoms in total. The largest absolute Gasteiger partial charge is 0.369 e. The zero-order valence-corrected chi connectivity index (χ0v) is 23.8. The number of sulfonamides is 2. The molecule has 208 valence electrons. The van der Waals surface area contributed by atoms with E-state index < -0.39 is 20.0 Å². The highest BCUT2D eigenvalue weighted by Crippen LogP contribution is 2.32. The van der Waals surface area contributed by atoms with Crippen LogP contribution in [0, 0.1) is 0 Å². The van der Waals surface area contributed by atoms with Crippen molar-refractivity contribution in [3.63, 3.8) is 0 Å². The van der Waals surface area contributed by atoms with Crippen molar-refractivity contribution in [3.05, 3.63) is 97.1 Å². The molecule has 2 fully saturated rings. The van der Waals surface area contributed by atoms with E-state index >= 15 is 0 Å². The van der Waals surface area contributed by atoms with E-state index in [0.717, 1.165) is 11.4 Å². The molecule has 4 aromatic carbocycles. The fourth-order valence-electron chi connectivity index (χ4n) is 5.63. The van der Waals surface area contributed by atoms with Crippen molar-refractivity contribution in [2.24, 2.45) is 0 Å².